The molecule has 1 aromatic carbocycles. The summed E-state index contributed by atoms with van der Waals surface area (Å²) < 4.78 is 50.7. The van der Waals surface area contributed by atoms with Gasteiger partial charge in [0.05, 0.1) is 10.7 Å². The van der Waals surface area contributed by atoms with E-state index < -0.39 is 71.5 Å². The normalized spacial score (nSPS) is 21.2. The fourth-order valence-electron chi connectivity index (χ4n) is 3.45. The number of carbonyl (C=O) groups excluding carboxylic acids is 2. The van der Waals surface area contributed by atoms with Crippen LogP contribution in [0.2, 0.25) is 0 Å². The number of hydrogen-bond acceptors (Lipinski definition) is 9. The van der Waals surface area contributed by atoms with Crippen LogP contribution in [0.15, 0.2) is 23.2 Å². The van der Waals surface area contributed by atoms with Gasteiger partial charge in [-0.3, -0.25) is 15.1 Å². The summed E-state index contributed by atoms with van der Waals surface area (Å²) in [5.74, 6) is -2.25. The maximum absolute atomic E-state index is 14.9. The van der Waals surface area contributed by atoms with Crippen LogP contribution in [-0.4, -0.2) is 58.0 Å². The average Bonchev–Trinajstić information content (AvgIpc) is 2.63. The number of non-ortho nitro benzene ring substituents is 1. The molecule has 2 amide bonds. The molecule has 0 fully saturated rings. The standard InChI is InChI=1S/C23H32FN3O8S/c1-20(2,3)34-18(28)26(19(29)35-21(4,5)6)17-22(7,8)36(32,33)13-23(9,25-17)15-12-14(27(30)31)10-11-16(15)24/h10-12H,13H2,1-9H3. The number of rotatable bonds is 2. The average molecular weight is 530 g/mol. The van der Waals surface area contributed by atoms with E-state index in [1.54, 1.807) is 41.5 Å². The molecule has 0 aromatic heterocycles. The monoisotopic (exact) mass is 529 g/mol. The summed E-state index contributed by atoms with van der Waals surface area (Å²) in [6.45, 7) is 13.0. The zero-order valence-electron chi connectivity index (χ0n) is 21.8. The van der Waals surface area contributed by atoms with Crippen LogP contribution in [0.1, 0.15) is 67.9 Å². The van der Waals surface area contributed by atoms with Gasteiger partial charge in [-0.2, -0.15) is 4.90 Å². The van der Waals surface area contributed by atoms with Crippen LogP contribution in [0, 0.1) is 15.9 Å². The number of imide groups is 1. The van der Waals surface area contributed by atoms with Crippen molar-refractivity contribution < 1.29 is 36.8 Å². The zero-order chi connectivity index (χ0) is 28.1. The van der Waals surface area contributed by atoms with Crippen LogP contribution >= 0.6 is 0 Å². The Labute approximate surface area is 209 Å². The third-order valence-electron chi connectivity index (χ3n) is 5.24. The number of nitro benzene ring substituents is 1. The van der Waals surface area contributed by atoms with Crippen molar-refractivity contribution in [2.24, 2.45) is 4.99 Å². The predicted octanol–water partition coefficient (Wildman–Crippen LogP) is 4.73. The summed E-state index contributed by atoms with van der Waals surface area (Å²) in [7, 11) is -4.24. The van der Waals surface area contributed by atoms with Crippen molar-refractivity contribution in [3.05, 3.63) is 39.7 Å². The second-order valence-electron chi connectivity index (χ2n) is 11.2. The highest BCUT2D eigenvalue weighted by Crippen LogP contribution is 2.41. The molecule has 1 unspecified atom stereocenters. The molecule has 11 nitrogen and oxygen atoms in total. The largest absolute Gasteiger partial charge is 0.443 e. The molecule has 1 heterocycles. The van der Waals surface area contributed by atoms with Crippen LogP contribution in [0.25, 0.3) is 0 Å². The fraction of sp³-hybridized carbons (Fsp3) is 0.609. The number of hydrogen-bond donors (Lipinski definition) is 0. The van der Waals surface area contributed by atoms with E-state index in [-0.39, 0.29) is 5.56 Å². The van der Waals surface area contributed by atoms with E-state index in [0.717, 1.165) is 18.2 Å². The van der Waals surface area contributed by atoms with Crippen LogP contribution in [0.5, 0.6) is 0 Å². The van der Waals surface area contributed by atoms with Crippen molar-refractivity contribution in [2.45, 2.75) is 83.8 Å². The molecule has 0 aliphatic carbocycles. The number of amidine groups is 1. The van der Waals surface area contributed by atoms with E-state index in [4.69, 9.17) is 9.47 Å². The number of sulfone groups is 1. The first-order valence-corrected chi connectivity index (χ1v) is 12.7. The third kappa shape index (κ3) is 6.00. The lowest BCUT2D eigenvalue weighted by molar-refractivity contribution is -0.385. The maximum Gasteiger partial charge on any atom is 0.425 e. The van der Waals surface area contributed by atoms with Crippen LogP contribution in [-0.2, 0) is 24.8 Å². The number of nitro groups is 1. The Hall–Kier alpha value is -3.09. The first-order valence-electron chi connectivity index (χ1n) is 11.0. The number of amides is 2. The minimum atomic E-state index is -4.24. The second-order valence-corrected chi connectivity index (χ2v) is 13.7. The summed E-state index contributed by atoms with van der Waals surface area (Å²) in [6, 6.07) is 2.65. The summed E-state index contributed by atoms with van der Waals surface area (Å²) in [5, 5.41) is 11.3. The van der Waals surface area contributed by atoms with Gasteiger partial charge in [0.25, 0.3) is 5.69 Å². The highest BCUT2D eigenvalue weighted by molar-refractivity contribution is 7.93. The second kappa shape index (κ2) is 9.09. The topological polar surface area (TPSA) is 145 Å². The molecule has 1 aliphatic rings. The smallest absolute Gasteiger partial charge is 0.425 e. The molecule has 1 aromatic rings. The van der Waals surface area contributed by atoms with Crippen LogP contribution in [0.4, 0.5) is 19.7 Å². The molecule has 2 rings (SSSR count). The molecule has 1 atom stereocenters. The third-order valence-corrected chi connectivity index (χ3v) is 7.92. The molecule has 13 heteroatoms. The zero-order valence-corrected chi connectivity index (χ0v) is 22.6. The Bertz CT molecular complexity index is 1200. The highest BCUT2D eigenvalue weighted by atomic mass is 32.2. The van der Waals surface area contributed by atoms with Gasteiger partial charge in [-0.05, 0) is 68.4 Å². The van der Waals surface area contributed by atoms with Gasteiger partial charge in [0, 0.05) is 17.7 Å². The Morgan fingerprint density at radius 1 is 1.06 bits per heavy atom. The lowest BCUT2D eigenvalue weighted by Gasteiger charge is -2.42. The number of benzene rings is 1. The van der Waals surface area contributed by atoms with E-state index in [9.17, 15) is 32.5 Å². The summed E-state index contributed by atoms with van der Waals surface area (Å²) >= 11 is 0. The Morgan fingerprint density at radius 2 is 1.53 bits per heavy atom. The lowest BCUT2D eigenvalue weighted by atomic mass is 9.92. The molecule has 0 N–H and O–H groups in total. The van der Waals surface area contributed by atoms with Gasteiger partial charge in [0.2, 0.25) is 0 Å². The molecule has 0 radical (unpaired) electrons. The van der Waals surface area contributed by atoms with E-state index in [1.165, 1.54) is 20.8 Å². The highest BCUT2D eigenvalue weighted by Gasteiger charge is 2.55. The minimum Gasteiger partial charge on any atom is -0.443 e. The van der Waals surface area contributed by atoms with Crippen molar-refractivity contribution in [1.82, 2.24) is 4.90 Å². The molecule has 0 bridgehead atoms. The van der Waals surface area contributed by atoms with Crippen molar-refractivity contribution in [3.8, 4) is 0 Å². The Kier molecular flexibility index (Phi) is 7.36. The summed E-state index contributed by atoms with van der Waals surface area (Å²) in [4.78, 5) is 41.7. The molecular weight excluding hydrogens is 497 g/mol. The quantitative estimate of drug-likeness (QED) is 0.395. The van der Waals surface area contributed by atoms with Gasteiger partial charge >= 0.3 is 12.2 Å². The van der Waals surface area contributed by atoms with E-state index >= 15 is 0 Å². The molecular formula is C23H32FN3O8S. The predicted molar refractivity (Wildman–Crippen MR) is 130 cm³/mol. The number of halogens is 1. The molecule has 0 spiro atoms. The van der Waals surface area contributed by atoms with Crippen LogP contribution in [0.3, 0.4) is 0 Å². The maximum atomic E-state index is 14.9. The number of carbonyl (C=O) groups is 2. The van der Waals surface area contributed by atoms with Gasteiger partial charge in [-0.25, -0.2) is 22.4 Å². The first-order chi connectivity index (χ1) is 16.0. The van der Waals surface area contributed by atoms with Gasteiger partial charge < -0.3 is 9.47 Å². The van der Waals surface area contributed by atoms with E-state index in [0.29, 0.717) is 4.90 Å². The van der Waals surface area contributed by atoms with Gasteiger partial charge in [-0.15, -0.1) is 0 Å². The molecule has 1 aliphatic heterocycles. The van der Waals surface area contributed by atoms with Crippen molar-refractivity contribution >= 4 is 33.5 Å². The van der Waals surface area contributed by atoms with E-state index in [1.807, 2.05) is 0 Å². The molecule has 36 heavy (non-hydrogen) atoms. The van der Waals surface area contributed by atoms with Crippen molar-refractivity contribution in [1.29, 1.82) is 0 Å². The number of nitrogens with zero attached hydrogens (tertiary/aromatic N) is 3. The summed E-state index contributed by atoms with van der Waals surface area (Å²) in [6.07, 6.45) is -2.50. The molecule has 0 saturated heterocycles. The van der Waals surface area contributed by atoms with E-state index in [2.05, 4.69) is 4.99 Å². The first kappa shape index (κ1) is 29.1. The minimum absolute atomic E-state index is 0.387. The van der Waals surface area contributed by atoms with Gasteiger partial charge in [0.1, 0.15) is 33.1 Å². The molecule has 0 saturated carbocycles. The number of ether oxygens (including phenoxy) is 2. The van der Waals surface area contributed by atoms with Crippen LogP contribution < -0.4 is 0 Å². The Morgan fingerprint density at radius 3 is 1.94 bits per heavy atom. The Balaban J connectivity index is 2.88. The van der Waals surface area contributed by atoms with Crippen molar-refractivity contribution in [3.63, 3.8) is 0 Å². The lowest BCUT2D eigenvalue weighted by Crippen LogP contribution is -2.61. The van der Waals surface area contributed by atoms with Gasteiger partial charge in [0.15, 0.2) is 9.84 Å². The van der Waals surface area contributed by atoms with Gasteiger partial charge in [-0.1, -0.05) is 0 Å². The number of aliphatic imine (C=N–C) groups is 1. The summed E-state index contributed by atoms with van der Waals surface area (Å²) in [5.41, 5.74) is -4.96. The fourth-order valence-corrected chi connectivity index (χ4v) is 5.19. The molecule has 200 valence electrons. The van der Waals surface area contributed by atoms with Crippen molar-refractivity contribution in [2.75, 3.05) is 5.75 Å². The SMILES string of the molecule is CC(C)(C)OC(=O)N(C(=O)OC(C)(C)C)C1=NC(C)(c2cc([N+](=O)[O-])ccc2F)CS(=O)(=O)C1(C)C.